The summed E-state index contributed by atoms with van der Waals surface area (Å²) in [5.74, 6) is -2.63. The number of non-ortho nitro benzene ring substituents is 1. The molecule has 1 aromatic carbocycles. The molecule has 2 bridgehead atoms. The quantitative estimate of drug-likeness (QED) is 0.637. The highest BCUT2D eigenvalue weighted by molar-refractivity contribution is 5.89. The molecule has 1 N–H and O–H groups in total. The minimum atomic E-state index is -2.11. The second-order valence-corrected chi connectivity index (χ2v) is 6.62. The van der Waals surface area contributed by atoms with Crippen molar-refractivity contribution in [1.29, 1.82) is 21.2 Å². The Hall–Kier alpha value is -3.48. The summed E-state index contributed by atoms with van der Waals surface area (Å²) in [5, 5.41) is 49.3. The van der Waals surface area contributed by atoms with Crippen LogP contribution in [0.3, 0.4) is 0 Å². The molecule has 0 unspecified atom stereocenters. The molecule has 2 aliphatic heterocycles. The number of nitriles is 3. The van der Waals surface area contributed by atoms with Crippen LogP contribution in [0, 0.1) is 66.3 Å². The molecule has 2 fully saturated rings. The molecule has 136 valence electrons. The van der Waals surface area contributed by atoms with Gasteiger partial charge in [-0.1, -0.05) is 26.0 Å². The van der Waals surface area contributed by atoms with Crippen molar-refractivity contribution in [3.05, 3.63) is 39.9 Å². The van der Waals surface area contributed by atoms with Crippen LogP contribution in [0.15, 0.2) is 24.3 Å². The number of nitro groups is 1. The molecule has 27 heavy (non-hydrogen) atoms. The van der Waals surface area contributed by atoms with E-state index < -0.39 is 39.5 Å². The fraction of sp³-hybridized carbons (Fsp3) is 0.444. The van der Waals surface area contributed by atoms with E-state index in [0.29, 0.717) is 0 Å². The van der Waals surface area contributed by atoms with Crippen molar-refractivity contribution in [3.63, 3.8) is 0 Å². The van der Waals surface area contributed by atoms with Crippen LogP contribution in [-0.2, 0) is 9.47 Å². The van der Waals surface area contributed by atoms with Gasteiger partial charge in [0, 0.05) is 18.6 Å². The first kappa shape index (κ1) is 18.3. The molecular formula is C18H15N5O4. The molecule has 2 aliphatic rings. The Balaban J connectivity index is 2.33. The second-order valence-electron chi connectivity index (χ2n) is 6.62. The molecular weight excluding hydrogens is 350 g/mol. The summed E-state index contributed by atoms with van der Waals surface area (Å²) >= 11 is 0. The Morgan fingerprint density at radius 3 is 2.48 bits per heavy atom. The van der Waals surface area contributed by atoms with E-state index in [-0.39, 0.29) is 17.7 Å². The number of nitrogens with zero attached hydrogens (tertiary/aromatic N) is 4. The van der Waals surface area contributed by atoms with Gasteiger partial charge in [-0.3, -0.25) is 15.5 Å². The number of ether oxygens (including phenoxy) is 2. The zero-order valence-corrected chi connectivity index (χ0v) is 14.6. The number of rotatable bonds is 3. The summed E-state index contributed by atoms with van der Waals surface area (Å²) in [5.41, 5.74) is -4.00. The fourth-order valence-electron chi connectivity index (χ4n) is 4.15. The Morgan fingerprint density at radius 1 is 1.30 bits per heavy atom. The number of hydrogen-bond acceptors (Lipinski definition) is 8. The summed E-state index contributed by atoms with van der Waals surface area (Å²) in [6.45, 7) is 3.36. The van der Waals surface area contributed by atoms with Crippen LogP contribution in [0.1, 0.15) is 31.9 Å². The van der Waals surface area contributed by atoms with E-state index in [1.807, 2.05) is 18.2 Å². The van der Waals surface area contributed by atoms with Crippen molar-refractivity contribution in [2.45, 2.75) is 32.2 Å². The Morgan fingerprint density at radius 2 is 1.96 bits per heavy atom. The SMILES string of the molecule is CC[C@@]12OC(=N)[C@@](C#N)([C@@H]1C)C(C#N)(C#N)[C@@H](c1cccc([N+](=O)[O-])c1)O2. The van der Waals surface area contributed by atoms with Gasteiger partial charge >= 0.3 is 0 Å². The Kier molecular flexibility index (Phi) is 3.91. The average molecular weight is 365 g/mol. The summed E-state index contributed by atoms with van der Waals surface area (Å²) in [4.78, 5) is 10.5. The number of fused-ring (bicyclic) bond motifs is 2. The normalized spacial score (nSPS) is 33.2. The first-order valence-corrected chi connectivity index (χ1v) is 8.22. The number of benzene rings is 1. The molecule has 1 aromatic rings. The fourth-order valence-corrected chi connectivity index (χ4v) is 4.15. The summed E-state index contributed by atoms with van der Waals surface area (Å²) < 4.78 is 11.7. The monoisotopic (exact) mass is 365 g/mol. The van der Waals surface area contributed by atoms with Gasteiger partial charge in [0.1, 0.15) is 6.10 Å². The van der Waals surface area contributed by atoms with Gasteiger partial charge in [0.15, 0.2) is 5.41 Å². The van der Waals surface area contributed by atoms with Gasteiger partial charge in [-0.05, 0) is 5.56 Å². The third-order valence-corrected chi connectivity index (χ3v) is 5.68. The van der Waals surface area contributed by atoms with Gasteiger partial charge < -0.3 is 9.47 Å². The number of nitro benzene ring substituents is 1. The van der Waals surface area contributed by atoms with Crippen molar-refractivity contribution in [2.75, 3.05) is 0 Å². The van der Waals surface area contributed by atoms with E-state index in [9.17, 15) is 25.9 Å². The first-order valence-electron chi connectivity index (χ1n) is 8.22. The van der Waals surface area contributed by atoms with Crippen molar-refractivity contribution in [1.82, 2.24) is 0 Å². The lowest BCUT2D eigenvalue weighted by molar-refractivity contribution is -0.385. The Bertz CT molecular complexity index is 957. The zero-order valence-electron chi connectivity index (χ0n) is 14.6. The molecule has 3 rings (SSSR count). The second kappa shape index (κ2) is 5.77. The van der Waals surface area contributed by atoms with Crippen LogP contribution >= 0.6 is 0 Å². The predicted molar refractivity (Wildman–Crippen MR) is 89.6 cm³/mol. The Labute approximate surface area is 155 Å². The highest BCUT2D eigenvalue weighted by Gasteiger charge is 2.78. The van der Waals surface area contributed by atoms with E-state index in [1.165, 1.54) is 24.3 Å². The molecule has 2 saturated heterocycles. The lowest BCUT2D eigenvalue weighted by Gasteiger charge is -2.48. The first-order chi connectivity index (χ1) is 12.8. The smallest absolute Gasteiger partial charge is 0.269 e. The van der Waals surface area contributed by atoms with Crippen molar-refractivity contribution >= 4 is 11.6 Å². The number of nitrogens with one attached hydrogen (secondary N) is 1. The maximum atomic E-state index is 11.1. The van der Waals surface area contributed by atoms with Crippen LogP contribution in [-0.4, -0.2) is 16.6 Å². The van der Waals surface area contributed by atoms with Crippen molar-refractivity contribution in [2.24, 2.45) is 16.7 Å². The van der Waals surface area contributed by atoms with Crippen LogP contribution in [0.4, 0.5) is 5.69 Å². The standard InChI is InChI=1S/C18H15N5O4/c1-3-18-11(2)17(10-21,15(22)27-18)16(8-19,9-20)14(26-18)12-5-4-6-13(7-12)23(24)25/h4-7,11,14,22H,3H2,1-2H3/t11-,14+,17+,18+/m0/s1. The van der Waals surface area contributed by atoms with Crippen molar-refractivity contribution < 1.29 is 14.4 Å². The molecule has 0 saturated carbocycles. The zero-order chi connectivity index (χ0) is 20.0. The third kappa shape index (κ3) is 1.96. The van der Waals surface area contributed by atoms with Crippen LogP contribution in [0.5, 0.6) is 0 Å². The molecule has 2 heterocycles. The van der Waals surface area contributed by atoms with Crippen LogP contribution in [0.2, 0.25) is 0 Å². The molecule has 9 nitrogen and oxygen atoms in total. The minimum absolute atomic E-state index is 0.204. The van der Waals surface area contributed by atoms with Crippen LogP contribution in [0.25, 0.3) is 0 Å². The van der Waals surface area contributed by atoms with E-state index in [0.717, 1.165) is 0 Å². The minimum Gasteiger partial charge on any atom is -0.447 e. The lowest BCUT2D eigenvalue weighted by Crippen LogP contribution is -2.58. The van der Waals surface area contributed by atoms with Gasteiger partial charge in [0.2, 0.25) is 17.1 Å². The van der Waals surface area contributed by atoms with E-state index in [2.05, 4.69) is 0 Å². The number of hydrogen-bond donors (Lipinski definition) is 1. The van der Waals surface area contributed by atoms with E-state index in [1.54, 1.807) is 13.8 Å². The third-order valence-electron chi connectivity index (χ3n) is 5.68. The summed E-state index contributed by atoms with van der Waals surface area (Å²) in [7, 11) is 0. The largest absolute Gasteiger partial charge is 0.447 e. The van der Waals surface area contributed by atoms with E-state index in [4.69, 9.17) is 14.9 Å². The van der Waals surface area contributed by atoms with Gasteiger partial charge in [-0.25, -0.2) is 0 Å². The lowest BCUT2D eigenvalue weighted by atomic mass is 9.53. The topological polar surface area (TPSA) is 157 Å². The van der Waals surface area contributed by atoms with Gasteiger partial charge in [-0.2, -0.15) is 15.8 Å². The average Bonchev–Trinajstić information content (AvgIpc) is 2.84. The van der Waals surface area contributed by atoms with Crippen LogP contribution < -0.4 is 0 Å². The molecule has 0 amide bonds. The molecule has 4 atom stereocenters. The highest BCUT2D eigenvalue weighted by atomic mass is 16.7. The molecule has 0 aromatic heterocycles. The summed E-state index contributed by atoms with van der Waals surface area (Å²) in [6.07, 6.45) is -1.04. The van der Waals surface area contributed by atoms with Gasteiger partial charge in [-0.15, -0.1) is 0 Å². The maximum Gasteiger partial charge on any atom is 0.269 e. The maximum absolute atomic E-state index is 11.1. The summed E-state index contributed by atoms with van der Waals surface area (Å²) in [6, 6.07) is 11.2. The van der Waals surface area contributed by atoms with Gasteiger partial charge in [0.25, 0.3) is 5.69 Å². The van der Waals surface area contributed by atoms with Crippen molar-refractivity contribution in [3.8, 4) is 18.2 Å². The molecule has 0 aliphatic carbocycles. The highest BCUT2D eigenvalue weighted by Crippen LogP contribution is 2.67. The van der Waals surface area contributed by atoms with E-state index >= 15 is 0 Å². The molecule has 0 radical (unpaired) electrons. The van der Waals surface area contributed by atoms with Gasteiger partial charge in [0.05, 0.1) is 29.0 Å². The molecule has 0 spiro atoms. The predicted octanol–water partition coefficient (Wildman–Crippen LogP) is 2.96. The molecule has 9 heteroatoms.